The molecule has 258 valence electrons. The molecule has 0 aliphatic rings. The number of amides is 5. The molecule has 0 aromatic heterocycles. The van der Waals surface area contributed by atoms with Crippen molar-refractivity contribution < 1.29 is 47.7 Å². The minimum atomic E-state index is -0.801. The molecule has 15 nitrogen and oxygen atoms in total. The zero-order chi connectivity index (χ0) is 34.9. The van der Waals surface area contributed by atoms with Gasteiger partial charge >= 0.3 is 18.1 Å². The van der Waals surface area contributed by atoms with Gasteiger partial charge in [0.15, 0.2) is 5.78 Å². The van der Waals surface area contributed by atoms with Gasteiger partial charge in [-0.2, -0.15) is 0 Å². The second-order valence-electron chi connectivity index (χ2n) is 11.8. The summed E-state index contributed by atoms with van der Waals surface area (Å²) in [6.45, 7) is 11.0. The third-order valence-electron chi connectivity index (χ3n) is 6.27. The molecule has 0 unspecified atom stereocenters. The quantitative estimate of drug-likeness (QED) is 0.109. The van der Waals surface area contributed by atoms with Crippen LogP contribution in [0.5, 0.6) is 5.75 Å². The lowest BCUT2D eigenvalue weighted by atomic mass is 9.89. The molecular formula is C31H49N5O10. The topological polar surface area (TPSA) is 213 Å². The van der Waals surface area contributed by atoms with Gasteiger partial charge in [0.2, 0.25) is 11.8 Å². The fourth-order valence-corrected chi connectivity index (χ4v) is 4.19. The molecule has 0 saturated carbocycles. The highest BCUT2D eigenvalue weighted by Gasteiger charge is 2.29. The Morgan fingerprint density at radius 2 is 1.65 bits per heavy atom. The fraction of sp³-hybridized carbons (Fsp3) is 0.613. The summed E-state index contributed by atoms with van der Waals surface area (Å²) in [7, 11) is 1.22. The Morgan fingerprint density at radius 3 is 2.24 bits per heavy atom. The standard InChI is InChI=1S/C31H49N5O10/c1-19(2)26(35-20(3)37)24(38)17-21(9-8-12-33-29(32)41)27(39)36-22-10-11-23(28(40)43-7)25(18-22)45-16-15-44-14-13-34-30(42)46-31(4,5)6/h10-11,18-19,21,26H,8-9,12-17H2,1-7H3,(H,34,42)(H,35,37)(H,36,39)(H3,32,33,41)/t21-,26+/m1/s1. The number of methoxy groups -OCH3 is 1. The van der Waals surface area contributed by atoms with Crippen LogP contribution in [-0.4, -0.2) is 87.4 Å². The Labute approximate surface area is 270 Å². The molecule has 0 spiro atoms. The van der Waals surface area contributed by atoms with Crippen molar-refractivity contribution in [2.45, 2.75) is 72.4 Å². The van der Waals surface area contributed by atoms with Crippen LogP contribution in [0.15, 0.2) is 18.2 Å². The normalized spacial score (nSPS) is 12.3. The maximum absolute atomic E-state index is 13.4. The third-order valence-corrected chi connectivity index (χ3v) is 6.27. The van der Waals surface area contributed by atoms with E-state index in [1.807, 2.05) is 0 Å². The summed E-state index contributed by atoms with van der Waals surface area (Å²) in [6.07, 6.45) is -0.110. The number of Topliss-reactive ketones (excluding diaryl/α,β-unsaturated/α-hetero) is 1. The van der Waals surface area contributed by atoms with Crippen LogP contribution in [0.1, 0.15) is 71.2 Å². The van der Waals surface area contributed by atoms with Crippen molar-refractivity contribution >= 4 is 41.4 Å². The van der Waals surface area contributed by atoms with E-state index < -0.39 is 41.6 Å². The monoisotopic (exact) mass is 651 g/mol. The van der Waals surface area contributed by atoms with Gasteiger partial charge in [-0.1, -0.05) is 13.8 Å². The summed E-state index contributed by atoms with van der Waals surface area (Å²) in [6, 6.07) is 2.91. The Bertz CT molecular complexity index is 1200. The Hall–Kier alpha value is -4.40. The number of nitrogens with two attached hydrogens (primary N) is 1. The molecule has 5 amide bonds. The molecule has 0 aliphatic heterocycles. The van der Waals surface area contributed by atoms with E-state index in [9.17, 15) is 28.8 Å². The van der Waals surface area contributed by atoms with Crippen molar-refractivity contribution in [3.63, 3.8) is 0 Å². The van der Waals surface area contributed by atoms with Crippen LogP contribution in [-0.2, 0) is 28.6 Å². The second-order valence-corrected chi connectivity index (χ2v) is 11.8. The zero-order valence-electron chi connectivity index (χ0n) is 27.8. The van der Waals surface area contributed by atoms with Crippen molar-refractivity contribution in [3.05, 3.63) is 23.8 Å². The average Bonchev–Trinajstić information content (AvgIpc) is 2.95. The zero-order valence-corrected chi connectivity index (χ0v) is 27.8. The molecule has 46 heavy (non-hydrogen) atoms. The minimum absolute atomic E-state index is 0.0392. The van der Waals surface area contributed by atoms with E-state index in [1.165, 1.54) is 32.2 Å². The fourth-order valence-electron chi connectivity index (χ4n) is 4.19. The predicted octanol–water partition coefficient (Wildman–Crippen LogP) is 2.52. The lowest BCUT2D eigenvalue weighted by Gasteiger charge is -2.23. The smallest absolute Gasteiger partial charge is 0.407 e. The van der Waals surface area contributed by atoms with Gasteiger partial charge < -0.3 is 45.9 Å². The highest BCUT2D eigenvalue weighted by atomic mass is 16.6. The van der Waals surface area contributed by atoms with Crippen LogP contribution in [0, 0.1) is 11.8 Å². The first-order valence-corrected chi connectivity index (χ1v) is 15.1. The molecule has 1 aromatic rings. The van der Waals surface area contributed by atoms with E-state index in [2.05, 4.69) is 21.3 Å². The SMILES string of the molecule is COC(=O)c1ccc(NC(=O)[C@H](CCCNC(N)=O)CC(=O)[C@@H](NC(C)=O)C(C)C)cc1OCCOCCNC(=O)OC(C)(C)C. The van der Waals surface area contributed by atoms with Gasteiger partial charge in [-0.3, -0.25) is 14.4 Å². The van der Waals surface area contributed by atoms with Gasteiger partial charge in [0, 0.05) is 44.1 Å². The number of nitrogens with one attached hydrogen (secondary N) is 4. The molecule has 2 atom stereocenters. The van der Waals surface area contributed by atoms with Crippen molar-refractivity contribution in [1.82, 2.24) is 16.0 Å². The Kier molecular flexibility index (Phi) is 17.1. The molecule has 0 bridgehead atoms. The molecule has 0 heterocycles. The number of esters is 1. The van der Waals surface area contributed by atoms with E-state index in [0.29, 0.717) is 12.1 Å². The van der Waals surface area contributed by atoms with Crippen molar-refractivity contribution in [2.24, 2.45) is 17.6 Å². The van der Waals surface area contributed by atoms with E-state index >= 15 is 0 Å². The van der Waals surface area contributed by atoms with Crippen molar-refractivity contribution in [1.29, 1.82) is 0 Å². The van der Waals surface area contributed by atoms with Crippen LogP contribution >= 0.6 is 0 Å². The lowest BCUT2D eigenvalue weighted by molar-refractivity contribution is -0.130. The number of hydrogen-bond acceptors (Lipinski definition) is 10. The van der Waals surface area contributed by atoms with Crippen molar-refractivity contribution in [2.75, 3.05) is 45.3 Å². The first-order valence-electron chi connectivity index (χ1n) is 15.1. The molecule has 6 N–H and O–H groups in total. The maximum Gasteiger partial charge on any atom is 0.407 e. The number of ether oxygens (including phenoxy) is 4. The molecule has 1 rings (SSSR count). The highest BCUT2D eigenvalue weighted by Crippen LogP contribution is 2.26. The maximum atomic E-state index is 13.4. The summed E-state index contributed by atoms with van der Waals surface area (Å²) >= 11 is 0. The predicted molar refractivity (Wildman–Crippen MR) is 169 cm³/mol. The minimum Gasteiger partial charge on any atom is -0.490 e. The number of carbonyl (C=O) groups excluding carboxylic acids is 6. The van der Waals surface area contributed by atoms with Gasteiger partial charge in [-0.25, -0.2) is 14.4 Å². The largest absolute Gasteiger partial charge is 0.490 e. The molecule has 1 aromatic carbocycles. The molecular weight excluding hydrogens is 602 g/mol. The number of primary amides is 1. The van der Waals surface area contributed by atoms with Gasteiger partial charge in [-0.05, 0) is 51.7 Å². The molecule has 0 aliphatic carbocycles. The average molecular weight is 652 g/mol. The molecule has 0 radical (unpaired) electrons. The van der Waals surface area contributed by atoms with E-state index in [0.717, 1.165) is 0 Å². The summed E-state index contributed by atoms with van der Waals surface area (Å²) in [5, 5.41) is 10.4. The number of carbonyl (C=O) groups is 6. The number of alkyl carbamates (subject to hydrolysis) is 1. The molecule has 15 heteroatoms. The van der Waals surface area contributed by atoms with E-state index in [-0.39, 0.29) is 74.7 Å². The Morgan fingerprint density at radius 1 is 0.957 bits per heavy atom. The number of anilines is 1. The number of hydrogen-bond donors (Lipinski definition) is 5. The van der Waals surface area contributed by atoms with Gasteiger partial charge in [0.05, 0.1) is 26.4 Å². The number of benzene rings is 1. The van der Waals surface area contributed by atoms with Crippen LogP contribution in [0.4, 0.5) is 15.3 Å². The number of urea groups is 1. The van der Waals surface area contributed by atoms with Crippen LogP contribution < -0.4 is 31.7 Å². The van der Waals surface area contributed by atoms with Crippen LogP contribution in [0.2, 0.25) is 0 Å². The van der Waals surface area contributed by atoms with Crippen LogP contribution in [0.25, 0.3) is 0 Å². The molecule has 0 fully saturated rings. The summed E-state index contributed by atoms with van der Waals surface area (Å²) in [4.78, 5) is 73.3. The highest BCUT2D eigenvalue weighted by molar-refractivity contribution is 5.98. The summed E-state index contributed by atoms with van der Waals surface area (Å²) in [5.41, 5.74) is 4.93. The van der Waals surface area contributed by atoms with Gasteiger partial charge in [-0.15, -0.1) is 0 Å². The third kappa shape index (κ3) is 16.1. The lowest BCUT2D eigenvalue weighted by Crippen LogP contribution is -2.44. The molecule has 0 saturated heterocycles. The Balaban J connectivity index is 2.95. The van der Waals surface area contributed by atoms with E-state index in [4.69, 9.17) is 24.7 Å². The summed E-state index contributed by atoms with van der Waals surface area (Å²) in [5.74, 6) is -2.67. The van der Waals surface area contributed by atoms with E-state index in [1.54, 1.807) is 34.6 Å². The van der Waals surface area contributed by atoms with Crippen molar-refractivity contribution in [3.8, 4) is 5.75 Å². The first-order chi connectivity index (χ1) is 21.5. The second kappa shape index (κ2) is 19.9. The summed E-state index contributed by atoms with van der Waals surface area (Å²) < 4.78 is 21.2. The number of ketones is 1. The van der Waals surface area contributed by atoms with Crippen LogP contribution in [0.3, 0.4) is 0 Å². The first kappa shape index (κ1) is 39.6. The van der Waals surface area contributed by atoms with Gasteiger partial charge in [0.25, 0.3) is 0 Å². The van der Waals surface area contributed by atoms with Gasteiger partial charge in [0.1, 0.15) is 23.5 Å². The number of rotatable bonds is 19.